The fourth-order valence-corrected chi connectivity index (χ4v) is 2.07. The van der Waals surface area contributed by atoms with Crippen LogP contribution in [0.4, 0.5) is 18.9 Å². The summed E-state index contributed by atoms with van der Waals surface area (Å²) < 4.78 is 39.0. The zero-order valence-electron chi connectivity index (χ0n) is 12.4. The maximum Gasteiger partial charge on any atom is 0.224 e. The summed E-state index contributed by atoms with van der Waals surface area (Å²) in [5.41, 5.74) is -0.318. The topological polar surface area (TPSA) is 29.1 Å². The number of amides is 1. The van der Waals surface area contributed by atoms with Gasteiger partial charge in [-0.05, 0) is 6.42 Å². The average molecular weight is 301 g/mol. The Morgan fingerprint density at radius 2 is 1.48 bits per heavy atom. The van der Waals surface area contributed by atoms with E-state index in [-0.39, 0.29) is 18.0 Å². The highest BCUT2D eigenvalue weighted by Crippen LogP contribution is 2.19. The van der Waals surface area contributed by atoms with Gasteiger partial charge in [0.15, 0.2) is 11.6 Å². The van der Waals surface area contributed by atoms with Crippen LogP contribution in [0.1, 0.15) is 58.3 Å². The van der Waals surface area contributed by atoms with Crippen LogP contribution in [-0.2, 0) is 4.79 Å². The number of anilines is 1. The van der Waals surface area contributed by atoms with Crippen molar-refractivity contribution < 1.29 is 18.0 Å². The number of nitrogens with one attached hydrogen (secondary N) is 1. The molecule has 0 spiro atoms. The molecule has 5 heteroatoms. The first-order valence-corrected chi connectivity index (χ1v) is 7.49. The molecule has 0 saturated heterocycles. The summed E-state index contributed by atoms with van der Waals surface area (Å²) in [5, 5.41) is 2.27. The number of benzene rings is 1. The van der Waals surface area contributed by atoms with E-state index in [9.17, 15) is 18.0 Å². The van der Waals surface area contributed by atoms with Crippen molar-refractivity contribution in [2.45, 2.75) is 58.3 Å². The number of hydrogen-bond acceptors (Lipinski definition) is 1. The van der Waals surface area contributed by atoms with Gasteiger partial charge in [0, 0.05) is 18.6 Å². The first-order chi connectivity index (χ1) is 10.0. The molecule has 1 aromatic carbocycles. The Kier molecular flexibility index (Phi) is 7.87. The number of carbonyl (C=O) groups excluding carboxylic acids is 1. The first kappa shape index (κ1) is 17.5. The van der Waals surface area contributed by atoms with Crippen molar-refractivity contribution in [1.29, 1.82) is 0 Å². The van der Waals surface area contributed by atoms with Crippen molar-refractivity contribution in [3.8, 4) is 0 Å². The number of carbonyl (C=O) groups is 1. The van der Waals surface area contributed by atoms with Crippen LogP contribution in [0.5, 0.6) is 0 Å². The normalized spacial score (nSPS) is 10.7. The summed E-state index contributed by atoms with van der Waals surface area (Å²) in [6.45, 7) is 2.15. The van der Waals surface area contributed by atoms with E-state index in [1.54, 1.807) is 0 Å². The lowest BCUT2D eigenvalue weighted by Crippen LogP contribution is -2.13. The van der Waals surface area contributed by atoms with Gasteiger partial charge < -0.3 is 5.32 Å². The Hall–Kier alpha value is -1.52. The third-order valence-corrected chi connectivity index (χ3v) is 3.29. The van der Waals surface area contributed by atoms with Crippen molar-refractivity contribution in [3.63, 3.8) is 0 Å². The second kappa shape index (κ2) is 9.42. The molecular weight excluding hydrogens is 279 g/mol. The monoisotopic (exact) mass is 301 g/mol. The molecular formula is C16H22F3NO. The Labute approximate surface area is 123 Å². The lowest BCUT2D eigenvalue weighted by Gasteiger charge is -2.07. The zero-order chi connectivity index (χ0) is 15.7. The molecule has 0 atom stereocenters. The van der Waals surface area contributed by atoms with Gasteiger partial charge in [-0.2, -0.15) is 0 Å². The van der Waals surface area contributed by atoms with E-state index in [0.717, 1.165) is 19.3 Å². The van der Waals surface area contributed by atoms with E-state index >= 15 is 0 Å². The van der Waals surface area contributed by atoms with Gasteiger partial charge >= 0.3 is 0 Å². The standard InChI is InChI=1S/C16H22F3NO/c1-2-3-4-5-6-7-8-9-16(21)20-15-11-13(18)12(17)10-14(15)19/h10-11H,2-9H2,1H3,(H,20,21). The molecule has 21 heavy (non-hydrogen) atoms. The van der Waals surface area contributed by atoms with Crippen LogP contribution in [0.3, 0.4) is 0 Å². The fourth-order valence-electron chi connectivity index (χ4n) is 2.07. The predicted octanol–water partition coefficient (Wildman–Crippen LogP) is 5.18. The summed E-state index contributed by atoms with van der Waals surface area (Å²) in [5.74, 6) is -3.80. The van der Waals surface area contributed by atoms with Crippen molar-refractivity contribution in [2.24, 2.45) is 0 Å². The van der Waals surface area contributed by atoms with Gasteiger partial charge in [-0.15, -0.1) is 0 Å². The largest absolute Gasteiger partial charge is 0.324 e. The highest BCUT2D eigenvalue weighted by molar-refractivity contribution is 5.90. The van der Waals surface area contributed by atoms with Gasteiger partial charge in [0.1, 0.15) is 5.82 Å². The van der Waals surface area contributed by atoms with Gasteiger partial charge in [-0.25, -0.2) is 13.2 Å². The molecule has 1 N–H and O–H groups in total. The van der Waals surface area contributed by atoms with E-state index < -0.39 is 17.5 Å². The summed E-state index contributed by atoms with van der Waals surface area (Å²) in [6.07, 6.45) is 7.79. The third kappa shape index (κ3) is 6.65. The Balaban J connectivity index is 2.26. The van der Waals surface area contributed by atoms with Crippen LogP contribution in [0.15, 0.2) is 12.1 Å². The van der Waals surface area contributed by atoms with Crippen molar-refractivity contribution in [3.05, 3.63) is 29.6 Å². The molecule has 1 aromatic rings. The SMILES string of the molecule is CCCCCCCCCC(=O)Nc1cc(F)c(F)cc1F. The van der Waals surface area contributed by atoms with Crippen molar-refractivity contribution >= 4 is 11.6 Å². The minimum absolute atomic E-state index is 0.256. The summed E-state index contributed by atoms with van der Waals surface area (Å²) in [6, 6.07) is 1.09. The first-order valence-electron chi connectivity index (χ1n) is 7.49. The van der Waals surface area contributed by atoms with Crippen LogP contribution in [0.2, 0.25) is 0 Å². The lowest BCUT2D eigenvalue weighted by atomic mass is 10.1. The van der Waals surface area contributed by atoms with Gasteiger partial charge in [0.25, 0.3) is 0 Å². The van der Waals surface area contributed by atoms with Crippen molar-refractivity contribution in [1.82, 2.24) is 0 Å². The molecule has 0 bridgehead atoms. The summed E-state index contributed by atoms with van der Waals surface area (Å²) in [7, 11) is 0. The quantitative estimate of drug-likeness (QED) is 0.494. The van der Waals surface area contributed by atoms with Gasteiger partial charge in [0.05, 0.1) is 5.69 Å². The van der Waals surface area contributed by atoms with Gasteiger partial charge in [0.2, 0.25) is 5.91 Å². The maximum atomic E-state index is 13.3. The molecule has 0 unspecified atom stereocenters. The Bertz CT molecular complexity index is 463. The molecule has 1 amide bonds. The Morgan fingerprint density at radius 3 is 2.14 bits per heavy atom. The minimum atomic E-state index is -1.27. The third-order valence-electron chi connectivity index (χ3n) is 3.29. The van der Waals surface area contributed by atoms with Crippen LogP contribution >= 0.6 is 0 Å². The van der Waals surface area contributed by atoms with Gasteiger partial charge in [-0.1, -0.05) is 45.4 Å². The van der Waals surface area contributed by atoms with Crippen molar-refractivity contribution in [2.75, 3.05) is 5.32 Å². The number of unbranched alkanes of at least 4 members (excludes halogenated alkanes) is 6. The van der Waals surface area contributed by atoms with E-state index in [0.29, 0.717) is 18.6 Å². The van der Waals surface area contributed by atoms with Crippen LogP contribution in [0.25, 0.3) is 0 Å². The fraction of sp³-hybridized carbons (Fsp3) is 0.562. The highest BCUT2D eigenvalue weighted by atomic mass is 19.2. The number of halogens is 3. The second-order valence-corrected chi connectivity index (χ2v) is 5.17. The minimum Gasteiger partial charge on any atom is -0.324 e. The van der Waals surface area contributed by atoms with Crippen LogP contribution in [0, 0.1) is 17.5 Å². The molecule has 0 heterocycles. The highest BCUT2D eigenvalue weighted by Gasteiger charge is 2.12. The predicted molar refractivity (Wildman–Crippen MR) is 77.6 cm³/mol. The average Bonchev–Trinajstić information content (AvgIpc) is 2.44. The molecule has 0 aliphatic rings. The summed E-state index contributed by atoms with van der Waals surface area (Å²) in [4.78, 5) is 11.6. The van der Waals surface area contributed by atoms with E-state index in [2.05, 4.69) is 12.2 Å². The van der Waals surface area contributed by atoms with E-state index in [1.807, 2.05) is 0 Å². The lowest BCUT2D eigenvalue weighted by molar-refractivity contribution is -0.116. The molecule has 2 nitrogen and oxygen atoms in total. The second-order valence-electron chi connectivity index (χ2n) is 5.17. The van der Waals surface area contributed by atoms with E-state index in [1.165, 1.54) is 19.3 Å². The van der Waals surface area contributed by atoms with E-state index in [4.69, 9.17) is 0 Å². The summed E-state index contributed by atoms with van der Waals surface area (Å²) >= 11 is 0. The number of hydrogen-bond donors (Lipinski definition) is 1. The molecule has 0 aromatic heterocycles. The number of rotatable bonds is 9. The molecule has 1 rings (SSSR count). The van der Waals surface area contributed by atoms with Crippen LogP contribution < -0.4 is 5.32 Å². The smallest absolute Gasteiger partial charge is 0.224 e. The zero-order valence-corrected chi connectivity index (χ0v) is 12.4. The molecule has 0 radical (unpaired) electrons. The molecule has 0 aliphatic heterocycles. The van der Waals surface area contributed by atoms with Gasteiger partial charge in [-0.3, -0.25) is 4.79 Å². The molecule has 0 aliphatic carbocycles. The molecule has 0 saturated carbocycles. The molecule has 118 valence electrons. The Morgan fingerprint density at radius 1 is 0.905 bits per heavy atom. The maximum absolute atomic E-state index is 13.3. The van der Waals surface area contributed by atoms with Crippen LogP contribution in [-0.4, -0.2) is 5.91 Å². The molecule has 0 fully saturated rings.